The first-order chi connectivity index (χ1) is 15.3. The van der Waals surface area contributed by atoms with Gasteiger partial charge in [0.05, 0.1) is 22.2 Å². The molecule has 2 unspecified atom stereocenters. The van der Waals surface area contributed by atoms with Crippen LogP contribution in [0.3, 0.4) is 0 Å². The van der Waals surface area contributed by atoms with Crippen LogP contribution in [0.2, 0.25) is 5.02 Å². The molecule has 0 radical (unpaired) electrons. The third-order valence-electron chi connectivity index (χ3n) is 6.20. The van der Waals surface area contributed by atoms with E-state index in [-0.39, 0.29) is 17.5 Å². The van der Waals surface area contributed by atoms with Crippen molar-refractivity contribution in [2.75, 3.05) is 6.54 Å². The highest BCUT2D eigenvalue weighted by Crippen LogP contribution is 2.39. The van der Waals surface area contributed by atoms with Crippen LogP contribution in [0, 0.1) is 0 Å². The minimum Gasteiger partial charge on any atom is -0.333 e. The third kappa shape index (κ3) is 3.54. The molecule has 1 aromatic carbocycles. The highest BCUT2D eigenvalue weighted by atomic mass is 35.5. The van der Waals surface area contributed by atoms with Crippen molar-refractivity contribution in [3.05, 3.63) is 64.7 Å². The molecular formula is C22H19ClF3N5O. The summed E-state index contributed by atoms with van der Waals surface area (Å²) >= 11 is 6.06. The van der Waals surface area contributed by atoms with Crippen LogP contribution in [0.5, 0.6) is 0 Å². The van der Waals surface area contributed by atoms with E-state index >= 15 is 0 Å². The first-order valence-electron chi connectivity index (χ1n) is 10.3. The molecule has 2 aromatic heterocycles. The van der Waals surface area contributed by atoms with E-state index in [4.69, 9.17) is 11.6 Å². The molecule has 32 heavy (non-hydrogen) atoms. The van der Waals surface area contributed by atoms with Crippen molar-refractivity contribution < 1.29 is 18.0 Å². The van der Waals surface area contributed by atoms with E-state index in [1.165, 1.54) is 12.1 Å². The van der Waals surface area contributed by atoms with Crippen LogP contribution in [0.1, 0.15) is 46.9 Å². The Labute approximate surface area is 187 Å². The lowest BCUT2D eigenvalue weighted by molar-refractivity contribution is -0.137. The lowest BCUT2D eigenvalue weighted by atomic mass is 10.0. The van der Waals surface area contributed by atoms with Crippen LogP contribution < -0.4 is 0 Å². The number of hydrogen-bond acceptors (Lipinski definition) is 4. The SMILES string of the molecule is O=C(c1cccc(C(F)(F)F)c1Cl)N1CC2CCCC1Cn1c(-c3cccnc3)nnc12. The third-order valence-corrected chi connectivity index (χ3v) is 6.61. The minimum absolute atomic E-state index is 0.0612. The van der Waals surface area contributed by atoms with Gasteiger partial charge in [0, 0.05) is 37.0 Å². The molecule has 0 spiro atoms. The van der Waals surface area contributed by atoms with Gasteiger partial charge in [-0.1, -0.05) is 24.1 Å². The highest BCUT2D eigenvalue weighted by molar-refractivity contribution is 6.34. The predicted octanol–water partition coefficient (Wildman–Crippen LogP) is 4.80. The Kier molecular flexibility index (Phi) is 5.16. The number of alkyl halides is 3. The molecule has 0 N–H and O–H groups in total. The van der Waals surface area contributed by atoms with Crippen molar-refractivity contribution in [2.45, 2.75) is 43.9 Å². The van der Waals surface area contributed by atoms with E-state index < -0.39 is 22.7 Å². The van der Waals surface area contributed by atoms with Gasteiger partial charge in [0.2, 0.25) is 0 Å². The van der Waals surface area contributed by atoms with Crippen LogP contribution >= 0.6 is 11.6 Å². The summed E-state index contributed by atoms with van der Waals surface area (Å²) in [7, 11) is 0. The average molecular weight is 462 g/mol. The Hall–Kier alpha value is -2.94. The van der Waals surface area contributed by atoms with E-state index in [2.05, 4.69) is 15.2 Å². The zero-order chi connectivity index (χ0) is 22.5. The Bertz CT molecular complexity index is 1160. The molecule has 1 amide bonds. The number of aromatic nitrogens is 4. The number of carbonyl (C=O) groups excluding carboxylic acids is 1. The first kappa shape index (κ1) is 20.9. The van der Waals surface area contributed by atoms with Gasteiger partial charge in [0.1, 0.15) is 5.82 Å². The van der Waals surface area contributed by atoms with E-state index in [9.17, 15) is 18.0 Å². The van der Waals surface area contributed by atoms with Gasteiger partial charge in [0.25, 0.3) is 5.91 Å². The summed E-state index contributed by atoms with van der Waals surface area (Å²) in [6, 6.07) is 6.99. The second-order valence-corrected chi connectivity index (χ2v) is 8.52. The van der Waals surface area contributed by atoms with Gasteiger partial charge >= 0.3 is 6.18 Å². The number of hydrogen-bond donors (Lipinski definition) is 0. The average Bonchev–Trinajstić information content (AvgIpc) is 2.96. The van der Waals surface area contributed by atoms with Crippen molar-refractivity contribution in [3.8, 4) is 11.4 Å². The molecule has 2 atom stereocenters. The van der Waals surface area contributed by atoms with E-state index in [1.54, 1.807) is 17.3 Å². The maximum atomic E-state index is 13.4. The standard InChI is InChI=1S/C22H19ClF3N5O/c23-18-16(7-2-8-17(18)22(24,25)26)21(32)30-11-14-4-1-6-15(30)12-31-19(28-29-20(14)31)13-5-3-9-27-10-13/h2-3,5,7-10,14-15H,1,4,6,11-12H2. The largest absolute Gasteiger partial charge is 0.417 e. The van der Waals surface area contributed by atoms with Crippen LogP contribution in [0.25, 0.3) is 11.4 Å². The number of amides is 1. The van der Waals surface area contributed by atoms with Gasteiger partial charge in [-0.15, -0.1) is 10.2 Å². The molecule has 1 fully saturated rings. The van der Waals surface area contributed by atoms with Gasteiger partial charge in [-0.25, -0.2) is 0 Å². The zero-order valence-corrected chi connectivity index (χ0v) is 17.6. The number of halogens is 4. The minimum atomic E-state index is -4.63. The molecule has 2 bridgehead atoms. The summed E-state index contributed by atoms with van der Waals surface area (Å²) in [5.74, 6) is 0.920. The summed E-state index contributed by atoms with van der Waals surface area (Å²) in [6.07, 6.45) is 1.21. The number of rotatable bonds is 2. The van der Waals surface area contributed by atoms with E-state index in [0.29, 0.717) is 18.9 Å². The second kappa shape index (κ2) is 7.88. The molecule has 0 aliphatic carbocycles. The van der Waals surface area contributed by atoms with Gasteiger partial charge in [0.15, 0.2) is 5.82 Å². The number of benzene rings is 1. The molecule has 166 valence electrons. The Balaban J connectivity index is 1.52. The van der Waals surface area contributed by atoms with Crippen molar-refractivity contribution in [1.29, 1.82) is 0 Å². The van der Waals surface area contributed by atoms with Crippen molar-refractivity contribution in [2.24, 2.45) is 0 Å². The van der Waals surface area contributed by atoms with Crippen molar-refractivity contribution in [1.82, 2.24) is 24.6 Å². The molecule has 4 heterocycles. The van der Waals surface area contributed by atoms with Crippen LogP contribution in [-0.2, 0) is 12.7 Å². The maximum Gasteiger partial charge on any atom is 0.417 e. The van der Waals surface area contributed by atoms with Gasteiger partial charge in [-0.2, -0.15) is 13.2 Å². The summed E-state index contributed by atoms with van der Waals surface area (Å²) in [6.45, 7) is 0.826. The van der Waals surface area contributed by atoms with Crippen LogP contribution in [0.15, 0.2) is 42.7 Å². The number of fused-ring (bicyclic) bond motifs is 5. The zero-order valence-electron chi connectivity index (χ0n) is 16.9. The summed E-state index contributed by atoms with van der Waals surface area (Å²) in [5, 5.41) is 8.23. The molecule has 6 nitrogen and oxygen atoms in total. The van der Waals surface area contributed by atoms with Crippen LogP contribution in [0.4, 0.5) is 13.2 Å². The van der Waals surface area contributed by atoms with E-state index in [0.717, 1.165) is 36.7 Å². The van der Waals surface area contributed by atoms with Gasteiger partial charge in [-0.05, 0) is 37.1 Å². The van der Waals surface area contributed by atoms with Crippen molar-refractivity contribution in [3.63, 3.8) is 0 Å². The lowest BCUT2D eigenvalue weighted by Crippen LogP contribution is -2.42. The normalized spacial score (nSPS) is 20.6. The lowest BCUT2D eigenvalue weighted by Gasteiger charge is -2.30. The molecule has 0 saturated carbocycles. The van der Waals surface area contributed by atoms with E-state index in [1.807, 2.05) is 16.7 Å². The molecule has 10 heteroatoms. The summed E-state index contributed by atoms with van der Waals surface area (Å²) in [4.78, 5) is 19.3. The fourth-order valence-electron chi connectivity index (χ4n) is 4.67. The molecule has 5 rings (SSSR count). The Morgan fingerprint density at radius 1 is 1.09 bits per heavy atom. The molecule has 3 aromatic rings. The maximum absolute atomic E-state index is 13.4. The monoisotopic (exact) mass is 461 g/mol. The molecule has 1 saturated heterocycles. The smallest absolute Gasteiger partial charge is 0.333 e. The van der Waals surface area contributed by atoms with Gasteiger partial charge in [-0.3, -0.25) is 9.78 Å². The van der Waals surface area contributed by atoms with Crippen molar-refractivity contribution >= 4 is 17.5 Å². The fourth-order valence-corrected chi connectivity index (χ4v) is 4.98. The van der Waals surface area contributed by atoms with Gasteiger partial charge < -0.3 is 9.47 Å². The molecular weight excluding hydrogens is 443 g/mol. The predicted molar refractivity (Wildman–Crippen MR) is 111 cm³/mol. The summed E-state index contributed by atoms with van der Waals surface area (Å²) < 4.78 is 42.0. The molecule has 2 aliphatic heterocycles. The fraction of sp³-hybridized carbons (Fsp3) is 0.364. The first-order valence-corrected chi connectivity index (χ1v) is 10.7. The molecule has 2 aliphatic rings. The van der Waals surface area contributed by atoms with Crippen LogP contribution in [-0.4, -0.2) is 43.1 Å². The quantitative estimate of drug-likeness (QED) is 0.549. The number of carbonyl (C=O) groups is 1. The number of pyridine rings is 1. The Morgan fingerprint density at radius 2 is 1.94 bits per heavy atom. The summed E-state index contributed by atoms with van der Waals surface area (Å²) in [5.41, 5.74) is -0.305. The topological polar surface area (TPSA) is 63.9 Å². The number of nitrogens with zero attached hydrogens (tertiary/aromatic N) is 5. The highest BCUT2D eigenvalue weighted by Gasteiger charge is 2.40. The Morgan fingerprint density at radius 3 is 2.69 bits per heavy atom. The second-order valence-electron chi connectivity index (χ2n) is 8.14.